The summed E-state index contributed by atoms with van der Waals surface area (Å²) >= 11 is 0. The molecule has 8 heteroatoms. The molecule has 2 aromatic heterocycles. The van der Waals surface area contributed by atoms with Crippen LogP contribution in [0, 0.1) is 0 Å². The summed E-state index contributed by atoms with van der Waals surface area (Å²) in [6.07, 6.45) is -2.96. The minimum Gasteiger partial charge on any atom is -0.368 e. The van der Waals surface area contributed by atoms with Gasteiger partial charge < -0.3 is 5.73 Å². The van der Waals surface area contributed by atoms with E-state index in [0.717, 1.165) is 12.1 Å². The molecule has 3 rings (SSSR count). The Morgan fingerprint density at radius 2 is 1.95 bits per heavy atom. The van der Waals surface area contributed by atoms with Gasteiger partial charge in [0.1, 0.15) is 0 Å². The minimum atomic E-state index is -4.41. The zero-order valence-corrected chi connectivity index (χ0v) is 9.94. The minimum absolute atomic E-state index is 0.0332. The highest BCUT2D eigenvalue weighted by molar-refractivity contribution is 5.90. The van der Waals surface area contributed by atoms with E-state index in [2.05, 4.69) is 20.2 Å². The lowest BCUT2D eigenvalue weighted by Gasteiger charge is -2.09. The Kier molecular flexibility index (Phi) is 2.60. The number of alkyl halides is 3. The Morgan fingerprint density at radius 3 is 2.70 bits per heavy atom. The van der Waals surface area contributed by atoms with Gasteiger partial charge in [-0.25, -0.2) is 4.98 Å². The summed E-state index contributed by atoms with van der Waals surface area (Å²) in [5, 5.41) is 6.92. The van der Waals surface area contributed by atoms with Crippen LogP contribution in [0.2, 0.25) is 0 Å². The first-order chi connectivity index (χ1) is 9.45. The van der Waals surface area contributed by atoms with Crippen LogP contribution in [0.3, 0.4) is 0 Å². The Balaban J connectivity index is 2.23. The normalized spacial score (nSPS) is 11.9. The van der Waals surface area contributed by atoms with E-state index in [4.69, 9.17) is 5.73 Å². The topological polar surface area (TPSA) is 80.5 Å². The van der Waals surface area contributed by atoms with Crippen LogP contribution in [0.25, 0.3) is 22.3 Å². The zero-order chi connectivity index (χ0) is 14.3. The van der Waals surface area contributed by atoms with Gasteiger partial charge in [0.15, 0.2) is 5.65 Å². The standard InChI is InChI=1S/C12H8F3N5/c13-12(14,15)7-3-1-2-6(4-7)9-8-5-17-20-10(8)19-11(16)18-9/h1-5H,(H3,16,17,18,19,20). The zero-order valence-electron chi connectivity index (χ0n) is 9.94. The SMILES string of the molecule is Nc1nc(-c2cccc(C(F)(F)F)c2)c2cn[nH]c2n1. The molecule has 0 saturated heterocycles. The van der Waals surface area contributed by atoms with E-state index in [1.54, 1.807) is 0 Å². The van der Waals surface area contributed by atoms with E-state index in [-0.39, 0.29) is 5.95 Å². The quantitative estimate of drug-likeness (QED) is 0.717. The van der Waals surface area contributed by atoms with Crippen LogP contribution >= 0.6 is 0 Å². The van der Waals surface area contributed by atoms with Gasteiger partial charge in [-0.1, -0.05) is 12.1 Å². The highest BCUT2D eigenvalue weighted by Gasteiger charge is 2.30. The maximum Gasteiger partial charge on any atom is 0.416 e. The number of rotatable bonds is 1. The number of aromatic nitrogens is 4. The first-order valence-electron chi connectivity index (χ1n) is 5.59. The van der Waals surface area contributed by atoms with Gasteiger partial charge in [0.05, 0.1) is 22.8 Å². The van der Waals surface area contributed by atoms with Gasteiger partial charge in [-0.2, -0.15) is 23.3 Å². The fraction of sp³-hybridized carbons (Fsp3) is 0.0833. The molecule has 0 unspecified atom stereocenters. The van der Waals surface area contributed by atoms with Crippen molar-refractivity contribution in [3.8, 4) is 11.3 Å². The van der Waals surface area contributed by atoms with Gasteiger partial charge in [-0.15, -0.1) is 0 Å². The summed E-state index contributed by atoms with van der Waals surface area (Å²) < 4.78 is 38.2. The number of nitrogen functional groups attached to an aromatic ring is 1. The molecule has 5 nitrogen and oxygen atoms in total. The van der Waals surface area contributed by atoms with Gasteiger partial charge in [-0.3, -0.25) is 5.10 Å². The molecule has 0 aliphatic carbocycles. The molecule has 3 aromatic rings. The molecule has 0 bridgehead atoms. The molecule has 0 aliphatic heterocycles. The largest absolute Gasteiger partial charge is 0.416 e. The third-order valence-electron chi connectivity index (χ3n) is 2.79. The monoisotopic (exact) mass is 279 g/mol. The Morgan fingerprint density at radius 1 is 1.15 bits per heavy atom. The predicted molar refractivity (Wildman–Crippen MR) is 66.5 cm³/mol. The second-order valence-corrected chi connectivity index (χ2v) is 4.14. The molecular formula is C12H8F3N5. The number of benzene rings is 1. The van der Waals surface area contributed by atoms with Crippen molar-refractivity contribution in [2.75, 3.05) is 5.73 Å². The molecule has 3 N–H and O–H groups in total. The molecule has 0 saturated carbocycles. The summed E-state index contributed by atoms with van der Waals surface area (Å²) in [7, 11) is 0. The first-order valence-corrected chi connectivity index (χ1v) is 5.59. The summed E-state index contributed by atoms with van der Waals surface area (Å²) in [4.78, 5) is 7.93. The van der Waals surface area contributed by atoms with Gasteiger partial charge in [-0.05, 0) is 12.1 Å². The van der Waals surface area contributed by atoms with Crippen molar-refractivity contribution in [1.82, 2.24) is 20.2 Å². The number of H-pyrrole nitrogens is 1. The predicted octanol–water partition coefficient (Wildman–Crippen LogP) is 2.62. The van der Waals surface area contributed by atoms with E-state index in [1.165, 1.54) is 18.3 Å². The summed E-state index contributed by atoms with van der Waals surface area (Å²) in [6.45, 7) is 0. The fourth-order valence-electron chi connectivity index (χ4n) is 1.92. The fourth-order valence-corrected chi connectivity index (χ4v) is 1.92. The summed E-state index contributed by atoms with van der Waals surface area (Å²) in [5.74, 6) is -0.0332. The van der Waals surface area contributed by atoms with Crippen LogP contribution in [0.5, 0.6) is 0 Å². The molecule has 0 aliphatic rings. The van der Waals surface area contributed by atoms with Crippen molar-refractivity contribution in [1.29, 1.82) is 0 Å². The number of anilines is 1. The highest BCUT2D eigenvalue weighted by Crippen LogP contribution is 2.33. The van der Waals surface area contributed by atoms with Crippen LogP contribution in [0.4, 0.5) is 19.1 Å². The number of nitrogens with two attached hydrogens (primary N) is 1. The molecule has 0 spiro atoms. The maximum atomic E-state index is 12.7. The molecule has 0 atom stereocenters. The van der Waals surface area contributed by atoms with Crippen LogP contribution in [-0.2, 0) is 6.18 Å². The van der Waals surface area contributed by atoms with Crippen LogP contribution in [0.1, 0.15) is 5.56 Å². The van der Waals surface area contributed by atoms with Crippen molar-refractivity contribution in [2.24, 2.45) is 0 Å². The molecule has 1 aromatic carbocycles. The van der Waals surface area contributed by atoms with Gasteiger partial charge >= 0.3 is 6.18 Å². The lowest BCUT2D eigenvalue weighted by molar-refractivity contribution is -0.137. The average molecular weight is 279 g/mol. The average Bonchev–Trinajstić information content (AvgIpc) is 2.85. The third-order valence-corrected chi connectivity index (χ3v) is 2.79. The Hall–Kier alpha value is -2.64. The van der Waals surface area contributed by atoms with Crippen molar-refractivity contribution in [3.63, 3.8) is 0 Å². The number of fused-ring (bicyclic) bond motifs is 1. The van der Waals surface area contributed by atoms with Crippen molar-refractivity contribution < 1.29 is 13.2 Å². The lowest BCUT2D eigenvalue weighted by Crippen LogP contribution is -2.05. The molecule has 0 fully saturated rings. The van der Waals surface area contributed by atoms with E-state index >= 15 is 0 Å². The number of hydrogen-bond acceptors (Lipinski definition) is 4. The maximum absolute atomic E-state index is 12.7. The number of nitrogens with one attached hydrogen (secondary N) is 1. The summed E-state index contributed by atoms with van der Waals surface area (Å²) in [6, 6.07) is 4.88. The molecule has 2 heterocycles. The molecular weight excluding hydrogens is 271 g/mol. The van der Waals surface area contributed by atoms with Gasteiger partial charge in [0.25, 0.3) is 0 Å². The molecule has 20 heavy (non-hydrogen) atoms. The first kappa shape index (κ1) is 12.4. The second-order valence-electron chi connectivity index (χ2n) is 4.14. The van der Waals surface area contributed by atoms with E-state index in [0.29, 0.717) is 22.3 Å². The number of nitrogens with zero attached hydrogens (tertiary/aromatic N) is 3. The van der Waals surface area contributed by atoms with E-state index in [1.807, 2.05) is 0 Å². The third kappa shape index (κ3) is 2.04. The van der Waals surface area contributed by atoms with Crippen LogP contribution in [-0.4, -0.2) is 20.2 Å². The van der Waals surface area contributed by atoms with Gasteiger partial charge in [0.2, 0.25) is 5.95 Å². The van der Waals surface area contributed by atoms with Gasteiger partial charge in [0, 0.05) is 5.56 Å². The second kappa shape index (κ2) is 4.19. The number of halogens is 3. The van der Waals surface area contributed by atoms with Crippen LogP contribution < -0.4 is 5.73 Å². The summed E-state index contributed by atoms with van der Waals surface area (Å²) in [5.41, 5.74) is 5.80. The van der Waals surface area contributed by atoms with Crippen LogP contribution in [0.15, 0.2) is 30.5 Å². The van der Waals surface area contributed by atoms with Crippen molar-refractivity contribution in [2.45, 2.75) is 6.18 Å². The molecule has 0 radical (unpaired) electrons. The molecule has 0 amide bonds. The van der Waals surface area contributed by atoms with Crippen molar-refractivity contribution in [3.05, 3.63) is 36.0 Å². The van der Waals surface area contributed by atoms with E-state index < -0.39 is 11.7 Å². The van der Waals surface area contributed by atoms with E-state index in [9.17, 15) is 13.2 Å². The number of hydrogen-bond donors (Lipinski definition) is 2. The smallest absolute Gasteiger partial charge is 0.368 e. The number of aromatic amines is 1. The van der Waals surface area contributed by atoms with Crippen molar-refractivity contribution >= 4 is 17.0 Å². The Labute approximate surface area is 110 Å². The molecule has 102 valence electrons. The Bertz CT molecular complexity index is 778. The lowest BCUT2D eigenvalue weighted by atomic mass is 10.1. The highest BCUT2D eigenvalue weighted by atomic mass is 19.4.